The fraction of sp³-hybridized carbons (Fsp3) is 0.667. The molecule has 0 N–H and O–H groups in total. The van der Waals surface area contributed by atoms with Crippen LogP contribution in [0.15, 0.2) is 6.20 Å². The maximum Gasteiger partial charge on any atom is 0.257 e. The Balaban J connectivity index is 1.56. The van der Waals surface area contributed by atoms with Crippen molar-refractivity contribution in [2.45, 2.75) is 26.2 Å². The van der Waals surface area contributed by atoms with Crippen molar-refractivity contribution in [2.24, 2.45) is 13.0 Å². The lowest BCUT2D eigenvalue weighted by molar-refractivity contribution is -0.140. The number of rotatable bonds is 2. The lowest BCUT2D eigenvalue weighted by Gasteiger charge is -2.41. The summed E-state index contributed by atoms with van der Waals surface area (Å²) >= 11 is 0. The van der Waals surface area contributed by atoms with Crippen molar-refractivity contribution in [1.29, 1.82) is 0 Å². The van der Waals surface area contributed by atoms with Gasteiger partial charge in [-0.1, -0.05) is 0 Å². The second-order valence-electron chi connectivity index (χ2n) is 6.09. The molecule has 1 aromatic heterocycles. The van der Waals surface area contributed by atoms with Gasteiger partial charge in [0.25, 0.3) is 5.91 Å². The summed E-state index contributed by atoms with van der Waals surface area (Å²) in [6.45, 7) is 4.68. The zero-order valence-corrected chi connectivity index (χ0v) is 12.7. The third-order valence-corrected chi connectivity index (χ3v) is 4.43. The molecule has 2 amide bonds. The average molecular weight is 290 g/mol. The van der Waals surface area contributed by atoms with Gasteiger partial charge >= 0.3 is 0 Å². The molecular weight excluding hydrogens is 268 g/mol. The van der Waals surface area contributed by atoms with Gasteiger partial charge in [-0.25, -0.2) is 0 Å². The number of nitrogens with zero attached hydrogens (tertiary/aromatic N) is 4. The summed E-state index contributed by atoms with van der Waals surface area (Å²) < 4.78 is 1.65. The molecule has 1 aromatic rings. The first-order chi connectivity index (χ1) is 10.1. The minimum atomic E-state index is -0.0108. The van der Waals surface area contributed by atoms with Crippen LogP contribution in [-0.2, 0) is 11.8 Å². The van der Waals surface area contributed by atoms with Crippen molar-refractivity contribution in [1.82, 2.24) is 19.6 Å². The molecule has 2 saturated heterocycles. The predicted octanol–water partition coefficient (Wildman–Crippen LogP) is 0.813. The lowest BCUT2D eigenvalue weighted by atomic mass is 9.96. The van der Waals surface area contributed by atoms with Crippen LogP contribution >= 0.6 is 0 Å². The molecule has 2 fully saturated rings. The monoisotopic (exact) mass is 290 g/mol. The predicted molar refractivity (Wildman–Crippen MR) is 77.8 cm³/mol. The average Bonchev–Trinajstić information content (AvgIpc) is 2.77. The summed E-state index contributed by atoms with van der Waals surface area (Å²) in [6, 6.07) is 0. The molecule has 0 atom stereocenters. The van der Waals surface area contributed by atoms with E-state index in [9.17, 15) is 9.59 Å². The highest BCUT2D eigenvalue weighted by atomic mass is 16.2. The summed E-state index contributed by atoms with van der Waals surface area (Å²) in [5.74, 6) is 0.203. The van der Waals surface area contributed by atoms with Crippen LogP contribution in [0.5, 0.6) is 0 Å². The Bertz CT molecular complexity index is 554. The van der Waals surface area contributed by atoms with Crippen LogP contribution in [-0.4, -0.2) is 57.6 Å². The Labute approximate surface area is 124 Å². The van der Waals surface area contributed by atoms with Crippen LogP contribution in [0.2, 0.25) is 0 Å². The number of piperidine rings is 1. The summed E-state index contributed by atoms with van der Waals surface area (Å²) in [5.41, 5.74) is 1.38. The van der Waals surface area contributed by atoms with Gasteiger partial charge in [0.05, 0.1) is 17.2 Å². The molecule has 114 valence electrons. The van der Waals surface area contributed by atoms with E-state index in [-0.39, 0.29) is 17.7 Å². The van der Waals surface area contributed by atoms with Crippen molar-refractivity contribution < 1.29 is 9.59 Å². The summed E-state index contributed by atoms with van der Waals surface area (Å²) in [4.78, 5) is 28.4. The van der Waals surface area contributed by atoms with Gasteiger partial charge in [-0.3, -0.25) is 14.3 Å². The molecule has 0 spiro atoms. The topological polar surface area (TPSA) is 58.4 Å². The first kappa shape index (κ1) is 14.1. The third kappa shape index (κ3) is 2.66. The van der Waals surface area contributed by atoms with Crippen LogP contribution in [0.3, 0.4) is 0 Å². The van der Waals surface area contributed by atoms with Gasteiger partial charge in [-0.2, -0.15) is 5.10 Å². The molecule has 21 heavy (non-hydrogen) atoms. The molecule has 3 heterocycles. The quantitative estimate of drug-likeness (QED) is 0.810. The van der Waals surface area contributed by atoms with E-state index in [0.717, 1.165) is 31.6 Å². The van der Waals surface area contributed by atoms with Gasteiger partial charge in [0.15, 0.2) is 0 Å². The van der Waals surface area contributed by atoms with E-state index < -0.39 is 0 Å². The molecule has 2 aliphatic rings. The highest BCUT2D eigenvalue weighted by Gasteiger charge is 2.38. The highest BCUT2D eigenvalue weighted by molar-refractivity contribution is 5.96. The number of carbonyl (C=O) groups is 2. The molecule has 3 rings (SSSR count). The Morgan fingerprint density at radius 3 is 2.38 bits per heavy atom. The van der Waals surface area contributed by atoms with E-state index in [0.29, 0.717) is 18.7 Å². The maximum atomic E-state index is 12.4. The van der Waals surface area contributed by atoms with E-state index >= 15 is 0 Å². The number of hydrogen-bond acceptors (Lipinski definition) is 3. The van der Waals surface area contributed by atoms with E-state index in [1.54, 1.807) is 15.8 Å². The van der Waals surface area contributed by atoms with Gasteiger partial charge in [-0.05, 0) is 26.2 Å². The van der Waals surface area contributed by atoms with E-state index in [1.165, 1.54) is 6.42 Å². The normalized spacial score (nSPS) is 19.5. The molecule has 0 aliphatic carbocycles. The zero-order valence-electron chi connectivity index (χ0n) is 12.7. The standard InChI is InChI=1S/C15H22N4O2/c1-11-13(10-17(2)16-11)15(21)19-8-12(9-19)14(20)18-6-4-3-5-7-18/h10,12H,3-9H2,1-2H3. The highest BCUT2D eigenvalue weighted by Crippen LogP contribution is 2.23. The second kappa shape index (κ2) is 5.50. The van der Waals surface area contributed by atoms with Crippen LogP contribution in [0.1, 0.15) is 35.3 Å². The number of amides is 2. The van der Waals surface area contributed by atoms with Gasteiger partial charge < -0.3 is 9.80 Å². The molecule has 0 radical (unpaired) electrons. The van der Waals surface area contributed by atoms with Crippen molar-refractivity contribution in [3.8, 4) is 0 Å². The van der Waals surface area contributed by atoms with Crippen molar-refractivity contribution in [3.63, 3.8) is 0 Å². The smallest absolute Gasteiger partial charge is 0.257 e. The van der Waals surface area contributed by atoms with Crippen LogP contribution in [0, 0.1) is 12.8 Å². The first-order valence-corrected chi connectivity index (χ1v) is 7.64. The number of hydrogen-bond donors (Lipinski definition) is 0. The van der Waals surface area contributed by atoms with Crippen molar-refractivity contribution in [2.75, 3.05) is 26.2 Å². The molecular formula is C15H22N4O2. The maximum absolute atomic E-state index is 12.4. The molecule has 0 bridgehead atoms. The van der Waals surface area contributed by atoms with E-state index in [2.05, 4.69) is 5.10 Å². The first-order valence-electron chi connectivity index (χ1n) is 7.64. The van der Waals surface area contributed by atoms with Gasteiger partial charge in [0.2, 0.25) is 5.91 Å². The molecule has 0 saturated carbocycles. The van der Waals surface area contributed by atoms with Crippen LogP contribution < -0.4 is 0 Å². The number of aryl methyl sites for hydroxylation is 2. The Kier molecular flexibility index (Phi) is 3.69. The SMILES string of the molecule is Cc1nn(C)cc1C(=O)N1CC(C(=O)N2CCCCC2)C1. The molecule has 0 aromatic carbocycles. The Morgan fingerprint density at radius 1 is 1.14 bits per heavy atom. The molecule has 0 unspecified atom stereocenters. The van der Waals surface area contributed by atoms with Crippen molar-refractivity contribution >= 4 is 11.8 Å². The van der Waals surface area contributed by atoms with Crippen LogP contribution in [0.25, 0.3) is 0 Å². The molecule has 6 nitrogen and oxygen atoms in total. The van der Waals surface area contributed by atoms with Gasteiger partial charge in [-0.15, -0.1) is 0 Å². The molecule has 6 heteroatoms. The lowest BCUT2D eigenvalue weighted by Crippen LogP contribution is -2.57. The number of carbonyl (C=O) groups excluding carboxylic acids is 2. The van der Waals surface area contributed by atoms with E-state index in [1.807, 2.05) is 18.9 Å². The summed E-state index contributed by atoms with van der Waals surface area (Å²) in [7, 11) is 1.81. The van der Waals surface area contributed by atoms with Crippen LogP contribution in [0.4, 0.5) is 0 Å². The number of likely N-dealkylation sites (tertiary alicyclic amines) is 2. The third-order valence-electron chi connectivity index (χ3n) is 4.43. The Morgan fingerprint density at radius 2 is 1.81 bits per heavy atom. The Hall–Kier alpha value is -1.85. The molecule has 2 aliphatic heterocycles. The fourth-order valence-corrected chi connectivity index (χ4v) is 3.15. The van der Waals surface area contributed by atoms with Gasteiger partial charge in [0.1, 0.15) is 0 Å². The van der Waals surface area contributed by atoms with Gasteiger partial charge in [0, 0.05) is 39.4 Å². The summed E-state index contributed by atoms with van der Waals surface area (Å²) in [6.07, 6.45) is 5.18. The minimum Gasteiger partial charge on any atom is -0.342 e. The fourth-order valence-electron chi connectivity index (χ4n) is 3.15. The second-order valence-corrected chi connectivity index (χ2v) is 6.09. The minimum absolute atomic E-state index is 0.0102. The largest absolute Gasteiger partial charge is 0.342 e. The zero-order chi connectivity index (χ0) is 15.0. The van der Waals surface area contributed by atoms with E-state index in [4.69, 9.17) is 0 Å². The van der Waals surface area contributed by atoms with Crippen molar-refractivity contribution in [3.05, 3.63) is 17.5 Å². The summed E-state index contributed by atoms with van der Waals surface area (Å²) in [5, 5.41) is 4.19. The number of aromatic nitrogens is 2.